The normalized spacial score (nSPS) is 11.6. The molecule has 0 fully saturated rings. The van der Waals surface area contributed by atoms with Gasteiger partial charge >= 0.3 is 0 Å². The summed E-state index contributed by atoms with van der Waals surface area (Å²) in [7, 11) is 5.63. The van der Waals surface area contributed by atoms with E-state index in [1.165, 1.54) is 11.1 Å². The molecular formula is C9H14P2. The summed E-state index contributed by atoms with van der Waals surface area (Å²) in [5, 5.41) is 0. The number of rotatable bonds is 1. The van der Waals surface area contributed by atoms with Gasteiger partial charge in [-0.05, 0) is 19.4 Å². The zero-order chi connectivity index (χ0) is 8.48. The van der Waals surface area contributed by atoms with Gasteiger partial charge in [0.2, 0.25) is 0 Å². The Labute approximate surface area is 73.2 Å². The minimum absolute atomic E-state index is 0.117. The zero-order valence-corrected chi connectivity index (χ0v) is 9.27. The van der Waals surface area contributed by atoms with Crippen molar-refractivity contribution in [2.45, 2.75) is 18.7 Å². The lowest BCUT2D eigenvalue weighted by atomic mass is 10.1. The fourth-order valence-electron chi connectivity index (χ4n) is 0.980. The molecule has 0 radical (unpaired) electrons. The third-order valence-electron chi connectivity index (χ3n) is 1.64. The Morgan fingerprint density at radius 3 is 2.27 bits per heavy atom. The smallest absolute Gasteiger partial charge is 0.0210 e. The average molecular weight is 184 g/mol. The van der Waals surface area contributed by atoms with Crippen LogP contribution < -0.4 is 0 Å². The Bertz CT molecular complexity index is 248. The predicted octanol–water partition coefficient (Wildman–Crippen LogP) is 2.92. The maximum atomic E-state index is 2.82. The SMILES string of the molecule is Cc1cccc(C(C)(P)P)c1. The predicted molar refractivity (Wildman–Crippen MR) is 58.0 cm³/mol. The van der Waals surface area contributed by atoms with Gasteiger partial charge in [0.15, 0.2) is 0 Å². The van der Waals surface area contributed by atoms with E-state index in [0.29, 0.717) is 0 Å². The molecule has 0 bridgehead atoms. The Morgan fingerprint density at radius 2 is 1.91 bits per heavy atom. The van der Waals surface area contributed by atoms with Crippen molar-refractivity contribution in [2.75, 3.05) is 0 Å². The van der Waals surface area contributed by atoms with Crippen LogP contribution in [0.5, 0.6) is 0 Å². The van der Waals surface area contributed by atoms with Gasteiger partial charge < -0.3 is 0 Å². The number of benzene rings is 1. The molecule has 1 aromatic carbocycles. The molecular weight excluding hydrogens is 170 g/mol. The highest BCUT2D eigenvalue weighted by atomic mass is 31.1. The van der Waals surface area contributed by atoms with Crippen LogP contribution >= 0.6 is 18.5 Å². The Kier molecular flexibility index (Phi) is 2.68. The van der Waals surface area contributed by atoms with Crippen molar-refractivity contribution < 1.29 is 0 Å². The maximum absolute atomic E-state index is 2.82. The van der Waals surface area contributed by atoms with Crippen molar-refractivity contribution in [3.05, 3.63) is 35.4 Å². The largest absolute Gasteiger partial charge is 0.123 e. The molecule has 0 N–H and O–H groups in total. The second-order valence-electron chi connectivity index (χ2n) is 3.15. The highest BCUT2D eigenvalue weighted by Gasteiger charge is 2.12. The van der Waals surface area contributed by atoms with Crippen LogP contribution in [0.2, 0.25) is 0 Å². The first-order chi connectivity index (χ1) is 5.00. The van der Waals surface area contributed by atoms with E-state index in [9.17, 15) is 0 Å². The van der Waals surface area contributed by atoms with E-state index in [-0.39, 0.29) is 4.90 Å². The van der Waals surface area contributed by atoms with E-state index >= 15 is 0 Å². The first-order valence-electron chi connectivity index (χ1n) is 3.65. The lowest BCUT2D eigenvalue weighted by molar-refractivity contribution is 1.01. The summed E-state index contributed by atoms with van der Waals surface area (Å²) in [6, 6.07) is 8.56. The van der Waals surface area contributed by atoms with E-state index in [1.54, 1.807) is 0 Å². The quantitative estimate of drug-likeness (QED) is 0.588. The third-order valence-corrected chi connectivity index (χ3v) is 2.31. The molecule has 1 aromatic rings. The lowest BCUT2D eigenvalue weighted by Gasteiger charge is -2.18. The average Bonchev–Trinajstić information content (AvgIpc) is 1.86. The molecule has 0 heterocycles. The monoisotopic (exact) mass is 184 g/mol. The van der Waals surface area contributed by atoms with E-state index in [1.807, 2.05) is 0 Å². The molecule has 1 rings (SSSR count). The molecule has 11 heavy (non-hydrogen) atoms. The van der Waals surface area contributed by atoms with Gasteiger partial charge in [-0.15, -0.1) is 18.5 Å². The molecule has 0 spiro atoms. The van der Waals surface area contributed by atoms with Crippen molar-refractivity contribution in [1.29, 1.82) is 0 Å². The lowest BCUT2D eigenvalue weighted by Crippen LogP contribution is -2.01. The molecule has 0 aromatic heterocycles. The van der Waals surface area contributed by atoms with Crippen molar-refractivity contribution >= 4 is 18.5 Å². The number of aryl methyl sites for hydroxylation is 1. The van der Waals surface area contributed by atoms with Crippen molar-refractivity contribution in [2.24, 2.45) is 0 Å². The van der Waals surface area contributed by atoms with Gasteiger partial charge in [-0.2, -0.15) is 0 Å². The van der Waals surface area contributed by atoms with Gasteiger partial charge in [-0.3, -0.25) is 0 Å². The van der Waals surface area contributed by atoms with Gasteiger partial charge in [-0.1, -0.05) is 29.8 Å². The molecule has 2 atom stereocenters. The molecule has 0 saturated heterocycles. The van der Waals surface area contributed by atoms with Crippen LogP contribution in [-0.4, -0.2) is 0 Å². The summed E-state index contributed by atoms with van der Waals surface area (Å²) in [4.78, 5) is 0.117. The van der Waals surface area contributed by atoms with Gasteiger partial charge in [-0.25, -0.2) is 0 Å². The Hall–Kier alpha value is 0.0800. The molecule has 0 nitrogen and oxygen atoms in total. The highest BCUT2D eigenvalue weighted by Crippen LogP contribution is 2.37. The van der Waals surface area contributed by atoms with Crippen LogP contribution in [0.4, 0.5) is 0 Å². The fraction of sp³-hybridized carbons (Fsp3) is 0.333. The van der Waals surface area contributed by atoms with E-state index < -0.39 is 0 Å². The summed E-state index contributed by atoms with van der Waals surface area (Å²) in [5.41, 5.74) is 2.66. The summed E-state index contributed by atoms with van der Waals surface area (Å²) in [5.74, 6) is 0. The molecule has 0 saturated carbocycles. The molecule has 60 valence electrons. The molecule has 2 unspecified atom stereocenters. The summed E-state index contributed by atoms with van der Waals surface area (Å²) in [6.45, 7) is 4.28. The van der Waals surface area contributed by atoms with E-state index in [0.717, 1.165) is 0 Å². The zero-order valence-electron chi connectivity index (χ0n) is 6.96. The molecule has 0 aliphatic rings. The summed E-state index contributed by atoms with van der Waals surface area (Å²) >= 11 is 0. The highest BCUT2D eigenvalue weighted by molar-refractivity contribution is 7.38. The third kappa shape index (κ3) is 2.55. The van der Waals surface area contributed by atoms with Gasteiger partial charge in [0.05, 0.1) is 0 Å². The molecule has 0 aliphatic carbocycles. The fourth-order valence-corrected chi connectivity index (χ4v) is 1.34. The van der Waals surface area contributed by atoms with Gasteiger partial charge in [0.25, 0.3) is 0 Å². The van der Waals surface area contributed by atoms with Crippen LogP contribution in [-0.2, 0) is 4.90 Å². The van der Waals surface area contributed by atoms with Crippen molar-refractivity contribution in [3.63, 3.8) is 0 Å². The molecule has 0 amide bonds. The van der Waals surface area contributed by atoms with Crippen LogP contribution in [0, 0.1) is 6.92 Å². The van der Waals surface area contributed by atoms with Crippen molar-refractivity contribution in [3.8, 4) is 0 Å². The molecule has 2 heteroatoms. The summed E-state index contributed by atoms with van der Waals surface area (Å²) < 4.78 is 0. The van der Waals surface area contributed by atoms with Crippen LogP contribution in [0.25, 0.3) is 0 Å². The topological polar surface area (TPSA) is 0 Å². The Morgan fingerprint density at radius 1 is 1.27 bits per heavy atom. The minimum Gasteiger partial charge on any atom is -0.123 e. The molecule has 0 aliphatic heterocycles. The first-order valence-corrected chi connectivity index (χ1v) is 4.80. The van der Waals surface area contributed by atoms with E-state index in [4.69, 9.17) is 0 Å². The van der Waals surface area contributed by atoms with E-state index in [2.05, 4.69) is 56.6 Å². The maximum Gasteiger partial charge on any atom is 0.0210 e. The number of hydrogen-bond donors (Lipinski definition) is 0. The van der Waals surface area contributed by atoms with Crippen LogP contribution in [0.3, 0.4) is 0 Å². The summed E-state index contributed by atoms with van der Waals surface area (Å²) in [6.07, 6.45) is 0. The van der Waals surface area contributed by atoms with Gasteiger partial charge in [0.1, 0.15) is 0 Å². The second-order valence-corrected chi connectivity index (χ2v) is 6.22. The van der Waals surface area contributed by atoms with Crippen molar-refractivity contribution in [1.82, 2.24) is 0 Å². The van der Waals surface area contributed by atoms with Crippen LogP contribution in [0.15, 0.2) is 24.3 Å². The second kappa shape index (κ2) is 3.21. The number of hydrogen-bond acceptors (Lipinski definition) is 0. The Balaban J connectivity index is 3.06. The standard InChI is InChI=1S/C9H14P2/c1-7-4-3-5-8(6-7)9(2,10)11/h3-6H,10-11H2,1-2H3. The van der Waals surface area contributed by atoms with Crippen LogP contribution in [0.1, 0.15) is 18.1 Å². The minimum atomic E-state index is 0.117. The first kappa shape index (κ1) is 9.17. The van der Waals surface area contributed by atoms with Gasteiger partial charge in [0, 0.05) is 4.90 Å².